The maximum Gasteiger partial charge on any atom is 0.333 e. The molecule has 9 aromatic rings. The standard InChI is InChI=1S/C42H26Cl2N8O9/c1-20-33-37(47-60-20)35-25(43)11-5-14-28(35)50(40(33)54)30-16-3-8-22(45-30)18-32(53)49(23-9-4-10-24(19-23)52(58)59)39(42(56)57)27-13-7-17-31(46-27)51-29-15-6-12-26(44)36(29)38-34(41(51)55)21(2)61-48-38/h3-17,19,39H,18H2,1-2H3,(H,56,57). The number of hydrogen-bond acceptors (Lipinski definition) is 12. The molecule has 1 amide bonds. The summed E-state index contributed by atoms with van der Waals surface area (Å²) < 4.78 is 13.3. The molecule has 0 aliphatic carbocycles. The van der Waals surface area contributed by atoms with E-state index in [1.807, 2.05) is 0 Å². The number of aromatic nitrogens is 6. The van der Waals surface area contributed by atoms with E-state index in [9.17, 15) is 34.4 Å². The minimum absolute atomic E-state index is 0.0258. The van der Waals surface area contributed by atoms with E-state index in [1.165, 1.54) is 51.6 Å². The van der Waals surface area contributed by atoms with Gasteiger partial charge in [0.25, 0.3) is 16.8 Å². The third-order valence-electron chi connectivity index (χ3n) is 10.2. The molecule has 0 saturated carbocycles. The average Bonchev–Trinajstić information content (AvgIpc) is 3.82. The molecule has 0 aliphatic rings. The number of anilines is 1. The van der Waals surface area contributed by atoms with Crippen LogP contribution in [0.1, 0.15) is 29.0 Å². The number of halogens is 2. The number of aryl methyl sites for hydroxylation is 2. The molecule has 0 saturated heterocycles. The summed E-state index contributed by atoms with van der Waals surface area (Å²) in [4.78, 5) is 77.7. The van der Waals surface area contributed by atoms with E-state index in [1.54, 1.807) is 62.4 Å². The number of carbonyl (C=O) groups is 2. The summed E-state index contributed by atoms with van der Waals surface area (Å²) in [5, 5.41) is 32.7. The summed E-state index contributed by atoms with van der Waals surface area (Å²) in [5.41, 5.74) is -0.594. The summed E-state index contributed by atoms with van der Waals surface area (Å²) in [6.07, 6.45) is -0.548. The number of nitrogens with zero attached hydrogens (tertiary/aromatic N) is 8. The Kier molecular flexibility index (Phi) is 9.40. The van der Waals surface area contributed by atoms with E-state index >= 15 is 0 Å². The fourth-order valence-electron chi connectivity index (χ4n) is 7.56. The van der Waals surface area contributed by atoms with Gasteiger partial charge in [-0.25, -0.2) is 14.8 Å². The Bertz CT molecular complexity index is 3470. The Morgan fingerprint density at radius 3 is 1.84 bits per heavy atom. The van der Waals surface area contributed by atoms with Gasteiger partial charge in [0.1, 0.15) is 45.0 Å². The van der Waals surface area contributed by atoms with Crippen LogP contribution < -0.4 is 16.0 Å². The van der Waals surface area contributed by atoms with Crippen molar-refractivity contribution in [2.45, 2.75) is 26.3 Å². The number of fused-ring (bicyclic) bond motifs is 6. The molecular weight excluding hydrogens is 831 g/mol. The van der Waals surface area contributed by atoms with E-state index in [2.05, 4.69) is 20.3 Å². The molecule has 61 heavy (non-hydrogen) atoms. The van der Waals surface area contributed by atoms with Crippen LogP contribution in [0, 0.1) is 24.0 Å². The molecule has 0 radical (unpaired) electrons. The van der Waals surface area contributed by atoms with E-state index in [0.29, 0.717) is 26.8 Å². The highest BCUT2D eigenvalue weighted by Crippen LogP contribution is 2.35. The van der Waals surface area contributed by atoms with Gasteiger partial charge in [-0.05, 0) is 68.4 Å². The number of amides is 1. The molecule has 0 fully saturated rings. The zero-order chi connectivity index (χ0) is 42.9. The SMILES string of the molecule is Cc1onc2c1c(=O)n(-c1cccc(CC(=O)N(c3cccc([N+](=O)[O-])c3)C(C(=O)O)c3cccc(-n4c(=O)c5c(C)onc5c5c(Cl)cccc54)n3)n1)c1cccc(Cl)c21. The number of rotatable bonds is 9. The summed E-state index contributed by atoms with van der Waals surface area (Å²) in [6.45, 7) is 3.15. The molecule has 19 heteroatoms. The Labute approximate surface area is 350 Å². The minimum atomic E-state index is -1.91. The quantitative estimate of drug-likeness (QED) is 0.109. The number of nitro groups is 1. The van der Waals surface area contributed by atoms with Crippen molar-refractivity contribution in [1.29, 1.82) is 0 Å². The molecule has 0 bridgehead atoms. The summed E-state index contributed by atoms with van der Waals surface area (Å²) in [7, 11) is 0. The first-order chi connectivity index (χ1) is 29.3. The number of nitro benzene ring substituents is 1. The van der Waals surface area contributed by atoms with Crippen LogP contribution in [0.15, 0.2) is 116 Å². The van der Waals surface area contributed by atoms with Crippen LogP contribution in [-0.2, 0) is 16.0 Å². The second-order valence-electron chi connectivity index (χ2n) is 13.8. The molecule has 1 N–H and O–H groups in total. The van der Waals surface area contributed by atoms with Crippen LogP contribution in [-0.4, -0.2) is 51.3 Å². The maximum absolute atomic E-state index is 14.7. The predicted molar refractivity (Wildman–Crippen MR) is 224 cm³/mol. The summed E-state index contributed by atoms with van der Waals surface area (Å²) in [6, 6.07) is 21.8. The Balaban J connectivity index is 1.18. The Hall–Kier alpha value is -7.76. The molecule has 17 nitrogen and oxygen atoms in total. The number of carbonyl (C=O) groups excluding carboxylic acids is 1. The van der Waals surface area contributed by atoms with Gasteiger partial charge in [-0.1, -0.05) is 63.8 Å². The highest BCUT2D eigenvalue weighted by Gasteiger charge is 2.35. The number of hydrogen-bond donors (Lipinski definition) is 1. The topological polar surface area (TPSA) is 223 Å². The van der Waals surface area contributed by atoms with Crippen molar-refractivity contribution in [3.05, 3.63) is 161 Å². The molecule has 3 aromatic carbocycles. The molecule has 0 spiro atoms. The lowest BCUT2D eigenvalue weighted by atomic mass is 10.1. The first kappa shape index (κ1) is 38.7. The molecule has 9 rings (SSSR count). The zero-order valence-electron chi connectivity index (χ0n) is 31.6. The second-order valence-corrected chi connectivity index (χ2v) is 14.7. The first-order valence-electron chi connectivity index (χ1n) is 18.3. The maximum atomic E-state index is 14.7. The summed E-state index contributed by atoms with van der Waals surface area (Å²) >= 11 is 13.2. The van der Waals surface area contributed by atoms with Crippen LogP contribution >= 0.6 is 23.2 Å². The van der Waals surface area contributed by atoms with Crippen molar-refractivity contribution in [1.82, 2.24) is 29.4 Å². The second kappa shape index (κ2) is 14.8. The molecule has 1 unspecified atom stereocenters. The van der Waals surface area contributed by atoms with Crippen molar-refractivity contribution in [3.8, 4) is 11.6 Å². The van der Waals surface area contributed by atoms with Crippen LogP contribution in [0.3, 0.4) is 0 Å². The van der Waals surface area contributed by atoms with E-state index in [-0.39, 0.29) is 67.1 Å². The van der Waals surface area contributed by atoms with Crippen molar-refractivity contribution in [2.24, 2.45) is 0 Å². The Morgan fingerprint density at radius 2 is 1.28 bits per heavy atom. The first-order valence-corrected chi connectivity index (χ1v) is 19.0. The van der Waals surface area contributed by atoms with Gasteiger partial charge in [0.15, 0.2) is 6.04 Å². The fourth-order valence-corrected chi connectivity index (χ4v) is 8.08. The van der Waals surface area contributed by atoms with Gasteiger partial charge in [0, 0.05) is 22.9 Å². The van der Waals surface area contributed by atoms with Gasteiger partial charge in [-0.2, -0.15) is 0 Å². The third-order valence-corrected chi connectivity index (χ3v) is 10.8. The molecule has 302 valence electrons. The number of carboxylic acids is 1. The lowest BCUT2D eigenvalue weighted by Crippen LogP contribution is -2.41. The van der Waals surface area contributed by atoms with Crippen molar-refractivity contribution >= 4 is 90.1 Å². The van der Waals surface area contributed by atoms with Crippen LogP contribution in [0.2, 0.25) is 10.0 Å². The van der Waals surface area contributed by atoms with Crippen molar-refractivity contribution < 1.29 is 28.7 Å². The van der Waals surface area contributed by atoms with Crippen LogP contribution in [0.5, 0.6) is 0 Å². The van der Waals surface area contributed by atoms with E-state index < -0.39 is 46.1 Å². The number of carboxylic acid groups (broad SMARTS) is 1. The number of benzene rings is 3. The van der Waals surface area contributed by atoms with Crippen LogP contribution in [0.25, 0.3) is 55.2 Å². The molecule has 1 atom stereocenters. The molecule has 0 aliphatic heterocycles. The van der Waals surface area contributed by atoms with Crippen LogP contribution in [0.4, 0.5) is 11.4 Å². The average molecular weight is 858 g/mol. The molecular formula is C42H26Cl2N8O9. The van der Waals surface area contributed by atoms with E-state index in [0.717, 1.165) is 11.0 Å². The Morgan fingerprint density at radius 1 is 0.754 bits per heavy atom. The third kappa shape index (κ3) is 6.34. The largest absolute Gasteiger partial charge is 0.479 e. The smallest absolute Gasteiger partial charge is 0.333 e. The normalized spacial score (nSPS) is 12.1. The predicted octanol–water partition coefficient (Wildman–Crippen LogP) is 7.60. The van der Waals surface area contributed by atoms with Gasteiger partial charge in [0.05, 0.1) is 49.5 Å². The van der Waals surface area contributed by atoms with Crippen molar-refractivity contribution in [3.63, 3.8) is 0 Å². The summed E-state index contributed by atoms with van der Waals surface area (Å²) in [5.74, 6) is -1.86. The lowest BCUT2D eigenvalue weighted by Gasteiger charge is -2.29. The van der Waals surface area contributed by atoms with Gasteiger partial charge in [-0.3, -0.25) is 38.5 Å². The number of pyridine rings is 4. The highest BCUT2D eigenvalue weighted by atomic mass is 35.5. The monoisotopic (exact) mass is 856 g/mol. The van der Waals surface area contributed by atoms with E-state index in [4.69, 9.17) is 32.2 Å². The van der Waals surface area contributed by atoms with Gasteiger partial charge >= 0.3 is 5.97 Å². The molecule has 6 aromatic heterocycles. The highest BCUT2D eigenvalue weighted by molar-refractivity contribution is 6.38. The molecule has 6 heterocycles. The zero-order valence-corrected chi connectivity index (χ0v) is 33.1. The number of non-ortho nitro benzene ring substituents is 1. The lowest BCUT2D eigenvalue weighted by molar-refractivity contribution is -0.384. The number of aliphatic carboxylic acids is 1. The van der Waals surface area contributed by atoms with Crippen molar-refractivity contribution in [2.75, 3.05) is 4.90 Å². The van der Waals surface area contributed by atoms with Gasteiger partial charge in [0.2, 0.25) is 5.91 Å². The van der Waals surface area contributed by atoms with Gasteiger partial charge < -0.3 is 14.2 Å². The fraction of sp³-hybridized carbons (Fsp3) is 0.0952. The minimum Gasteiger partial charge on any atom is -0.479 e. The van der Waals surface area contributed by atoms with Gasteiger partial charge in [-0.15, -0.1) is 0 Å².